The number of hydrogen-bond donors (Lipinski definition) is 0. The molecule has 0 saturated heterocycles. The van der Waals surface area contributed by atoms with Gasteiger partial charge in [-0.25, -0.2) is 13.0 Å². The van der Waals surface area contributed by atoms with Gasteiger partial charge in [0.1, 0.15) is 16.5 Å². The van der Waals surface area contributed by atoms with Crippen molar-refractivity contribution in [2.24, 2.45) is 0 Å². The summed E-state index contributed by atoms with van der Waals surface area (Å²) < 4.78 is 98.7. The van der Waals surface area contributed by atoms with Crippen LogP contribution in [0.15, 0.2) is 59.5 Å². The Hall–Kier alpha value is -2.72. The molecule has 3 aromatic rings. The monoisotopic (exact) mass is 445 g/mol. The lowest BCUT2D eigenvalue weighted by atomic mass is 10.1. The Bertz CT molecular complexity index is 1170. The minimum absolute atomic E-state index is 0.110. The summed E-state index contributed by atoms with van der Waals surface area (Å²) in [5.41, 5.74) is -0.903. The molecule has 3 rings (SSSR count). The van der Waals surface area contributed by atoms with Gasteiger partial charge in [0.15, 0.2) is 0 Å². The van der Waals surface area contributed by atoms with E-state index in [1.807, 2.05) is 0 Å². The number of anilines is 1. The van der Waals surface area contributed by atoms with E-state index >= 15 is 0 Å². The summed E-state index contributed by atoms with van der Waals surface area (Å²) in [6, 6.07) is 10.7. The first kappa shape index (κ1) is 22.0. The van der Waals surface area contributed by atoms with E-state index in [4.69, 9.17) is 0 Å². The molecule has 160 valence electrons. The minimum Gasteiger partial charge on any atom is -0.377 e. The lowest BCUT2D eigenvalue weighted by Crippen LogP contribution is -2.28. The van der Waals surface area contributed by atoms with E-state index in [-0.39, 0.29) is 5.39 Å². The molecule has 0 heterocycles. The van der Waals surface area contributed by atoms with Crippen molar-refractivity contribution < 1.29 is 34.6 Å². The number of benzene rings is 3. The van der Waals surface area contributed by atoms with Gasteiger partial charge >= 0.3 is 6.18 Å². The molecule has 0 N–H and O–H groups in total. The summed E-state index contributed by atoms with van der Waals surface area (Å²) in [5, 5.41) is 0.562. The molecule has 0 aliphatic carbocycles. The lowest BCUT2D eigenvalue weighted by molar-refractivity contribution is -0.198. The van der Waals surface area contributed by atoms with E-state index in [1.54, 1.807) is 31.1 Å². The van der Waals surface area contributed by atoms with Crippen molar-refractivity contribution in [1.29, 1.82) is 0 Å². The molecule has 30 heavy (non-hydrogen) atoms. The number of fused-ring (bicyclic) bond motifs is 1. The molecule has 0 amide bonds. The van der Waals surface area contributed by atoms with E-state index in [0.717, 1.165) is 12.1 Å². The molecule has 1 unspecified atom stereocenters. The van der Waals surface area contributed by atoms with Gasteiger partial charge in [0, 0.05) is 30.6 Å². The fraction of sp³-hybridized carbons (Fsp3) is 0.200. The first-order valence-electron chi connectivity index (χ1n) is 8.56. The SMILES string of the molecule is CN(C)c1cccc2c(S(=O)(=O)OC(c3c(F)cccc3F)C(F)(F)F)cccc12. The van der Waals surface area contributed by atoms with E-state index in [1.165, 1.54) is 18.2 Å². The molecule has 10 heteroatoms. The quantitative estimate of drug-likeness (QED) is 0.401. The topological polar surface area (TPSA) is 46.6 Å². The van der Waals surface area contributed by atoms with Crippen molar-refractivity contribution in [3.05, 3.63) is 71.8 Å². The zero-order valence-corrected chi connectivity index (χ0v) is 16.6. The van der Waals surface area contributed by atoms with Crippen LogP contribution in [0.4, 0.5) is 27.6 Å². The highest BCUT2D eigenvalue weighted by atomic mass is 32.2. The first-order valence-corrected chi connectivity index (χ1v) is 9.97. The molecule has 0 saturated carbocycles. The number of halogens is 5. The van der Waals surface area contributed by atoms with Gasteiger partial charge in [-0.15, -0.1) is 0 Å². The van der Waals surface area contributed by atoms with Gasteiger partial charge < -0.3 is 4.90 Å². The third-order valence-corrected chi connectivity index (χ3v) is 5.73. The highest BCUT2D eigenvalue weighted by Gasteiger charge is 2.48. The molecule has 0 bridgehead atoms. The molecular weight excluding hydrogens is 429 g/mol. The van der Waals surface area contributed by atoms with Crippen molar-refractivity contribution in [3.8, 4) is 0 Å². The predicted octanol–water partition coefficient (Wildman–Crippen LogP) is 5.19. The van der Waals surface area contributed by atoms with Gasteiger partial charge in [-0.05, 0) is 24.3 Å². The average molecular weight is 445 g/mol. The van der Waals surface area contributed by atoms with Crippen LogP contribution < -0.4 is 4.90 Å². The minimum atomic E-state index is -5.39. The third-order valence-electron chi connectivity index (χ3n) is 4.39. The Kier molecular flexibility index (Phi) is 5.74. The van der Waals surface area contributed by atoms with Crippen LogP contribution in [0.25, 0.3) is 10.8 Å². The number of rotatable bonds is 5. The van der Waals surface area contributed by atoms with Crippen molar-refractivity contribution in [3.63, 3.8) is 0 Å². The highest BCUT2D eigenvalue weighted by molar-refractivity contribution is 7.87. The van der Waals surface area contributed by atoms with Crippen LogP contribution in [0.2, 0.25) is 0 Å². The van der Waals surface area contributed by atoms with Crippen molar-refractivity contribution in [2.75, 3.05) is 19.0 Å². The molecule has 0 radical (unpaired) electrons. The molecule has 0 aromatic heterocycles. The Morgan fingerprint density at radius 1 is 0.867 bits per heavy atom. The summed E-state index contributed by atoms with van der Waals surface area (Å²) in [7, 11) is -1.63. The fourth-order valence-electron chi connectivity index (χ4n) is 3.08. The highest BCUT2D eigenvalue weighted by Crippen LogP contribution is 2.41. The summed E-state index contributed by atoms with van der Waals surface area (Å²) >= 11 is 0. The Balaban J connectivity index is 2.17. The van der Waals surface area contributed by atoms with Gasteiger partial charge in [0.2, 0.25) is 6.10 Å². The number of alkyl halides is 3. The van der Waals surface area contributed by atoms with Crippen LogP contribution >= 0.6 is 0 Å². The summed E-state index contributed by atoms with van der Waals surface area (Å²) in [6.45, 7) is 0. The van der Waals surface area contributed by atoms with Gasteiger partial charge in [0.05, 0.1) is 5.56 Å². The standard InChI is InChI=1S/C20H16F5NO3S/c1-26(2)16-10-3-7-13-12(16)6-4-11-17(13)30(27,28)29-19(20(23,24)25)18-14(21)8-5-9-15(18)22/h3-11,19H,1-2H3. The second-order valence-electron chi connectivity index (χ2n) is 6.63. The van der Waals surface area contributed by atoms with Gasteiger partial charge in [-0.3, -0.25) is 0 Å². The van der Waals surface area contributed by atoms with E-state index in [9.17, 15) is 30.4 Å². The Morgan fingerprint density at radius 2 is 1.40 bits per heavy atom. The zero-order chi connectivity index (χ0) is 22.3. The summed E-state index contributed by atoms with van der Waals surface area (Å²) in [5.74, 6) is -3.14. The number of hydrogen-bond acceptors (Lipinski definition) is 4. The van der Waals surface area contributed by atoms with Crippen LogP contribution in [0.1, 0.15) is 11.7 Å². The number of nitrogens with zero attached hydrogens (tertiary/aromatic N) is 1. The second-order valence-corrected chi connectivity index (χ2v) is 8.17. The van der Waals surface area contributed by atoms with E-state index in [0.29, 0.717) is 23.2 Å². The molecular formula is C20H16F5NO3S. The molecule has 0 spiro atoms. The molecule has 4 nitrogen and oxygen atoms in total. The fourth-order valence-corrected chi connectivity index (χ4v) is 4.33. The summed E-state index contributed by atoms with van der Waals surface area (Å²) in [4.78, 5) is 1.15. The smallest absolute Gasteiger partial charge is 0.377 e. The maximum Gasteiger partial charge on any atom is 0.420 e. The maximum atomic E-state index is 14.0. The first-order chi connectivity index (χ1) is 13.9. The van der Waals surface area contributed by atoms with Gasteiger partial charge in [0.25, 0.3) is 10.1 Å². The van der Waals surface area contributed by atoms with Crippen molar-refractivity contribution in [2.45, 2.75) is 17.2 Å². The average Bonchev–Trinajstić information content (AvgIpc) is 2.65. The van der Waals surface area contributed by atoms with Crippen LogP contribution in [0.3, 0.4) is 0 Å². The zero-order valence-electron chi connectivity index (χ0n) is 15.7. The Morgan fingerprint density at radius 3 is 1.97 bits per heavy atom. The normalized spacial score (nSPS) is 13.4. The lowest BCUT2D eigenvalue weighted by Gasteiger charge is -2.22. The maximum absolute atomic E-state index is 14.0. The predicted molar refractivity (Wildman–Crippen MR) is 102 cm³/mol. The largest absolute Gasteiger partial charge is 0.420 e. The van der Waals surface area contributed by atoms with Crippen molar-refractivity contribution in [1.82, 2.24) is 0 Å². The Labute approximate surface area is 169 Å². The van der Waals surface area contributed by atoms with E-state index < -0.39 is 44.5 Å². The molecule has 3 aromatic carbocycles. The third kappa shape index (κ3) is 4.10. The van der Waals surface area contributed by atoms with Crippen LogP contribution in [-0.4, -0.2) is 28.7 Å². The van der Waals surface area contributed by atoms with Crippen molar-refractivity contribution >= 4 is 26.6 Å². The summed E-state index contributed by atoms with van der Waals surface area (Å²) in [6.07, 6.45) is -8.74. The van der Waals surface area contributed by atoms with Crippen LogP contribution in [-0.2, 0) is 14.3 Å². The van der Waals surface area contributed by atoms with Crippen LogP contribution in [0.5, 0.6) is 0 Å². The second kappa shape index (κ2) is 7.84. The molecule has 1 atom stereocenters. The van der Waals surface area contributed by atoms with Gasteiger partial charge in [-0.2, -0.15) is 21.6 Å². The molecule has 0 aliphatic heterocycles. The molecule has 0 aliphatic rings. The molecule has 0 fully saturated rings. The van der Waals surface area contributed by atoms with Crippen LogP contribution in [0, 0.1) is 11.6 Å². The van der Waals surface area contributed by atoms with E-state index in [2.05, 4.69) is 4.18 Å². The van der Waals surface area contributed by atoms with Gasteiger partial charge in [-0.1, -0.05) is 30.3 Å².